The third-order valence-corrected chi connectivity index (χ3v) is 4.67. The predicted octanol–water partition coefficient (Wildman–Crippen LogP) is 4.12. The Morgan fingerprint density at radius 3 is 2.41 bits per heavy atom. The monoisotopic (exact) mass is 463 g/mol. The molecule has 0 N–H and O–H groups in total. The van der Waals surface area contributed by atoms with Crippen molar-refractivity contribution in [3.05, 3.63) is 53.3 Å². The highest BCUT2D eigenvalue weighted by molar-refractivity contribution is 7.81. The van der Waals surface area contributed by atoms with Crippen LogP contribution in [0.25, 0.3) is 11.0 Å². The Hall–Kier alpha value is -3.24. The molecule has 1 heterocycles. The van der Waals surface area contributed by atoms with Gasteiger partial charge < -0.3 is 27.4 Å². The van der Waals surface area contributed by atoms with E-state index < -0.39 is 16.4 Å². The minimum Gasteiger partial charge on any atom is -0.716 e. The maximum Gasteiger partial charge on any atom is 0.342 e. The predicted molar refractivity (Wildman–Crippen MR) is 114 cm³/mol. The molecular weight excluding hydrogens is 440 g/mol. The summed E-state index contributed by atoms with van der Waals surface area (Å²) in [6.45, 7) is 7.25. The van der Waals surface area contributed by atoms with Crippen molar-refractivity contribution in [3.8, 4) is 17.2 Å². The quantitative estimate of drug-likeness (QED) is 0.262. The Morgan fingerprint density at radius 1 is 1.12 bits per heavy atom. The van der Waals surface area contributed by atoms with E-state index >= 15 is 0 Å². The molecular formula is C22H23O9S-. The highest BCUT2D eigenvalue weighted by atomic mass is 32.3. The largest absolute Gasteiger partial charge is 0.716 e. The molecule has 3 aromatic rings. The van der Waals surface area contributed by atoms with E-state index in [1.807, 2.05) is 13.8 Å². The Morgan fingerprint density at radius 2 is 1.81 bits per heavy atom. The smallest absolute Gasteiger partial charge is 0.342 e. The molecule has 3 rings (SSSR count). The highest BCUT2D eigenvalue weighted by Gasteiger charge is 2.23. The lowest BCUT2D eigenvalue weighted by Crippen LogP contribution is -2.09. The molecule has 0 aliphatic rings. The van der Waals surface area contributed by atoms with E-state index in [0.29, 0.717) is 5.75 Å². The van der Waals surface area contributed by atoms with Gasteiger partial charge in [0.15, 0.2) is 11.5 Å². The number of rotatable bonds is 9. The van der Waals surface area contributed by atoms with Crippen LogP contribution in [0.15, 0.2) is 40.8 Å². The van der Waals surface area contributed by atoms with Gasteiger partial charge in [0.1, 0.15) is 29.3 Å². The summed E-state index contributed by atoms with van der Waals surface area (Å²) >= 11 is 0. The van der Waals surface area contributed by atoms with E-state index in [9.17, 15) is 17.8 Å². The Bertz CT molecular complexity index is 1210. The number of benzene rings is 2. The van der Waals surface area contributed by atoms with Gasteiger partial charge >= 0.3 is 5.97 Å². The standard InChI is InChI=1S/C22H24O9S/c1-5-27-22(23)21-14(4)30-18-11-19(20(10-17(18)21)31-32(24,25)26)28-12-15-6-8-16(9-7-15)29-13(2)3/h6-11,13H,5,12H2,1-4H3,(H,24,25,26)/p-1. The molecule has 0 radical (unpaired) electrons. The van der Waals surface area contributed by atoms with Crippen molar-refractivity contribution in [2.75, 3.05) is 6.61 Å². The highest BCUT2D eigenvalue weighted by Crippen LogP contribution is 2.38. The molecule has 0 fully saturated rings. The summed E-state index contributed by atoms with van der Waals surface area (Å²) in [5, 5.41) is 0.238. The fourth-order valence-corrected chi connectivity index (χ4v) is 3.42. The molecule has 32 heavy (non-hydrogen) atoms. The first-order chi connectivity index (χ1) is 15.1. The molecule has 172 valence electrons. The second kappa shape index (κ2) is 9.49. The molecule has 10 heteroatoms. The lowest BCUT2D eigenvalue weighted by molar-refractivity contribution is 0.0526. The van der Waals surface area contributed by atoms with Gasteiger partial charge in [0, 0.05) is 11.5 Å². The third kappa shape index (κ3) is 5.71. The van der Waals surface area contributed by atoms with Gasteiger partial charge in [-0.25, -0.2) is 13.2 Å². The van der Waals surface area contributed by atoms with Gasteiger partial charge in [0.05, 0.1) is 12.7 Å². The van der Waals surface area contributed by atoms with Crippen LogP contribution in [0.5, 0.6) is 17.2 Å². The number of ether oxygens (including phenoxy) is 3. The van der Waals surface area contributed by atoms with Crippen LogP contribution in [0, 0.1) is 6.92 Å². The first-order valence-corrected chi connectivity index (χ1v) is 11.2. The summed E-state index contributed by atoms with van der Waals surface area (Å²) in [7, 11) is -5.10. The summed E-state index contributed by atoms with van der Waals surface area (Å²) in [6.07, 6.45) is 0.0360. The van der Waals surface area contributed by atoms with Crippen LogP contribution in [-0.2, 0) is 21.7 Å². The molecule has 2 aromatic carbocycles. The summed E-state index contributed by atoms with van der Waals surface area (Å²) in [5.41, 5.74) is 1.12. The average molecular weight is 463 g/mol. The molecule has 0 spiro atoms. The second-order valence-corrected chi connectivity index (χ2v) is 8.12. The SMILES string of the molecule is CCOC(=O)c1c(C)oc2cc(OCc3ccc(OC(C)C)cc3)c(OS(=O)(=O)[O-])cc12. The normalized spacial score (nSPS) is 11.6. The zero-order valence-electron chi connectivity index (χ0n) is 18.0. The third-order valence-electron chi connectivity index (χ3n) is 4.29. The van der Waals surface area contributed by atoms with Crippen LogP contribution in [-0.4, -0.2) is 31.7 Å². The average Bonchev–Trinajstić information content (AvgIpc) is 3.00. The fourth-order valence-electron chi connectivity index (χ4n) is 3.07. The minimum absolute atomic E-state index is 0.0360. The number of furan rings is 1. The molecule has 0 atom stereocenters. The molecule has 9 nitrogen and oxygen atoms in total. The molecule has 0 amide bonds. The van der Waals surface area contributed by atoms with Gasteiger partial charge in [-0.15, -0.1) is 0 Å². The minimum atomic E-state index is -5.10. The van der Waals surface area contributed by atoms with Crippen molar-refractivity contribution in [2.45, 2.75) is 40.4 Å². The number of carbonyl (C=O) groups is 1. The van der Waals surface area contributed by atoms with Crippen molar-refractivity contribution in [1.29, 1.82) is 0 Å². The summed E-state index contributed by atoms with van der Waals surface area (Å²) in [4.78, 5) is 12.3. The van der Waals surface area contributed by atoms with Crippen LogP contribution < -0.4 is 13.7 Å². The van der Waals surface area contributed by atoms with Crippen LogP contribution >= 0.6 is 0 Å². The van der Waals surface area contributed by atoms with Gasteiger partial charge in [-0.1, -0.05) is 12.1 Å². The van der Waals surface area contributed by atoms with E-state index in [2.05, 4.69) is 4.18 Å². The zero-order chi connectivity index (χ0) is 23.5. The lowest BCUT2D eigenvalue weighted by Gasteiger charge is -2.15. The van der Waals surface area contributed by atoms with Gasteiger partial charge in [-0.3, -0.25) is 0 Å². The van der Waals surface area contributed by atoms with Crippen LogP contribution in [0.2, 0.25) is 0 Å². The molecule has 1 aromatic heterocycles. The summed E-state index contributed by atoms with van der Waals surface area (Å²) in [6, 6.07) is 9.71. The van der Waals surface area contributed by atoms with E-state index in [4.69, 9.17) is 18.6 Å². The molecule has 0 aliphatic heterocycles. The van der Waals surface area contributed by atoms with Crippen molar-refractivity contribution < 1.29 is 40.6 Å². The maximum absolute atomic E-state index is 12.3. The van der Waals surface area contributed by atoms with Crippen molar-refractivity contribution >= 4 is 27.3 Å². The van der Waals surface area contributed by atoms with Crippen LogP contribution in [0.3, 0.4) is 0 Å². The van der Waals surface area contributed by atoms with E-state index in [1.54, 1.807) is 38.1 Å². The maximum atomic E-state index is 12.3. The summed E-state index contributed by atoms with van der Waals surface area (Å²) < 4.78 is 60.3. The molecule has 0 bridgehead atoms. The van der Waals surface area contributed by atoms with Crippen LogP contribution in [0.4, 0.5) is 0 Å². The number of fused-ring (bicyclic) bond motifs is 1. The van der Waals surface area contributed by atoms with Gasteiger partial charge in [-0.05, 0) is 51.5 Å². The van der Waals surface area contributed by atoms with Crippen molar-refractivity contribution in [3.63, 3.8) is 0 Å². The number of hydrogen-bond acceptors (Lipinski definition) is 9. The first-order valence-electron chi connectivity index (χ1n) is 9.85. The zero-order valence-corrected chi connectivity index (χ0v) is 18.9. The van der Waals surface area contributed by atoms with Gasteiger partial charge in [0.25, 0.3) is 10.4 Å². The topological polar surface area (TPSA) is 124 Å². The number of aryl methyl sites for hydroxylation is 1. The van der Waals surface area contributed by atoms with E-state index in [0.717, 1.165) is 5.56 Å². The number of hydrogen-bond donors (Lipinski definition) is 0. The number of esters is 1. The number of carbonyl (C=O) groups excluding carboxylic acids is 1. The Kier molecular flexibility index (Phi) is 6.95. The summed E-state index contributed by atoms with van der Waals surface area (Å²) in [5.74, 6) is -0.0734. The molecule has 0 aliphatic carbocycles. The first kappa shape index (κ1) is 23.4. The lowest BCUT2D eigenvalue weighted by atomic mass is 10.1. The Labute approximate surface area is 185 Å². The van der Waals surface area contributed by atoms with Crippen molar-refractivity contribution in [2.24, 2.45) is 0 Å². The second-order valence-electron chi connectivity index (χ2n) is 7.14. The van der Waals surface area contributed by atoms with E-state index in [-0.39, 0.29) is 53.1 Å². The molecule has 0 unspecified atom stereocenters. The van der Waals surface area contributed by atoms with E-state index in [1.165, 1.54) is 12.1 Å². The van der Waals surface area contributed by atoms with Gasteiger partial charge in [-0.2, -0.15) is 0 Å². The van der Waals surface area contributed by atoms with Crippen LogP contribution in [0.1, 0.15) is 42.5 Å². The Balaban J connectivity index is 1.94. The fraction of sp³-hybridized carbons (Fsp3) is 0.318. The van der Waals surface area contributed by atoms with Crippen molar-refractivity contribution in [1.82, 2.24) is 0 Å². The van der Waals surface area contributed by atoms with Gasteiger partial charge in [0.2, 0.25) is 0 Å². The molecule has 0 saturated carbocycles. The molecule has 0 saturated heterocycles.